The molecule has 0 fully saturated rings. The minimum absolute atomic E-state index is 0.243. The van der Waals surface area contributed by atoms with Crippen LogP contribution in [0.2, 0.25) is 0 Å². The van der Waals surface area contributed by atoms with Crippen molar-refractivity contribution in [2.45, 2.75) is 40.3 Å². The summed E-state index contributed by atoms with van der Waals surface area (Å²) in [6.07, 6.45) is 2.63. The van der Waals surface area contributed by atoms with Crippen LogP contribution in [-0.2, 0) is 20.1 Å². The topological polar surface area (TPSA) is 77.4 Å². The van der Waals surface area contributed by atoms with E-state index in [-0.39, 0.29) is 17.2 Å². The maximum atomic E-state index is 13.1. The normalized spacial score (nSPS) is 15.2. The molecule has 1 atom stereocenters. The monoisotopic (exact) mass is 344 g/mol. The lowest BCUT2D eigenvalue weighted by atomic mass is 10.1. The van der Waals surface area contributed by atoms with Gasteiger partial charge in [0.15, 0.2) is 11.2 Å². The van der Waals surface area contributed by atoms with Crippen molar-refractivity contribution >= 4 is 22.8 Å². The summed E-state index contributed by atoms with van der Waals surface area (Å²) in [6.45, 7) is 11.1. The fourth-order valence-corrected chi connectivity index (χ4v) is 3.06. The van der Waals surface area contributed by atoms with Crippen molar-refractivity contribution in [3.05, 3.63) is 33.5 Å². The number of hydrazone groups is 1. The summed E-state index contributed by atoms with van der Waals surface area (Å²) in [5, 5.41) is 6.18. The van der Waals surface area contributed by atoms with Gasteiger partial charge in [0.05, 0.1) is 18.8 Å². The lowest BCUT2D eigenvalue weighted by molar-refractivity contribution is 0.441. The molecule has 134 valence electrons. The van der Waals surface area contributed by atoms with Gasteiger partial charge in [0.1, 0.15) is 0 Å². The Morgan fingerprint density at radius 2 is 2.08 bits per heavy atom. The second kappa shape index (κ2) is 6.34. The van der Waals surface area contributed by atoms with Gasteiger partial charge in [-0.2, -0.15) is 10.1 Å². The summed E-state index contributed by atoms with van der Waals surface area (Å²) in [7, 11) is 1.65. The van der Waals surface area contributed by atoms with Crippen molar-refractivity contribution in [2.75, 3.05) is 11.6 Å². The van der Waals surface area contributed by atoms with Crippen molar-refractivity contribution in [1.29, 1.82) is 0 Å². The second-order valence-corrected chi connectivity index (χ2v) is 6.65. The van der Waals surface area contributed by atoms with Gasteiger partial charge >= 0.3 is 5.69 Å². The molecule has 0 spiro atoms. The summed E-state index contributed by atoms with van der Waals surface area (Å²) >= 11 is 0. The molecule has 2 aromatic heterocycles. The van der Waals surface area contributed by atoms with E-state index in [1.807, 2.05) is 25.3 Å². The summed E-state index contributed by atoms with van der Waals surface area (Å²) in [6, 6.07) is 0. The number of nitrogens with zero attached hydrogens (tertiary/aromatic N) is 6. The van der Waals surface area contributed by atoms with Crippen LogP contribution in [0.3, 0.4) is 0 Å². The SMILES string of the molecule is C=CCN1N=C(C)Cn2c1nc1c2c(=O)n(CC(C)CC)c(=O)n1C. The van der Waals surface area contributed by atoms with Crippen LogP contribution in [0, 0.1) is 5.92 Å². The summed E-state index contributed by atoms with van der Waals surface area (Å²) < 4.78 is 4.62. The van der Waals surface area contributed by atoms with Crippen LogP contribution in [0.5, 0.6) is 0 Å². The summed E-state index contributed by atoms with van der Waals surface area (Å²) in [4.78, 5) is 30.3. The van der Waals surface area contributed by atoms with E-state index in [9.17, 15) is 9.59 Å². The number of fused-ring (bicyclic) bond motifs is 3. The van der Waals surface area contributed by atoms with Crippen LogP contribution >= 0.6 is 0 Å². The Kier molecular flexibility index (Phi) is 4.36. The van der Waals surface area contributed by atoms with Gasteiger partial charge in [-0.25, -0.2) is 9.80 Å². The Morgan fingerprint density at radius 1 is 1.36 bits per heavy atom. The Hall–Kier alpha value is -2.64. The number of rotatable bonds is 5. The van der Waals surface area contributed by atoms with Crippen LogP contribution in [0.25, 0.3) is 11.2 Å². The predicted molar refractivity (Wildman–Crippen MR) is 99.3 cm³/mol. The zero-order valence-corrected chi connectivity index (χ0v) is 15.2. The van der Waals surface area contributed by atoms with Crippen LogP contribution in [0.1, 0.15) is 27.2 Å². The van der Waals surface area contributed by atoms with Gasteiger partial charge < -0.3 is 0 Å². The number of hydrogen-bond acceptors (Lipinski definition) is 5. The maximum Gasteiger partial charge on any atom is 0.332 e. The van der Waals surface area contributed by atoms with Crippen molar-refractivity contribution < 1.29 is 0 Å². The molecule has 0 aliphatic carbocycles. The number of aryl methyl sites for hydroxylation is 1. The van der Waals surface area contributed by atoms with E-state index in [2.05, 4.69) is 16.7 Å². The molecular formula is C17H24N6O2. The fourth-order valence-electron chi connectivity index (χ4n) is 3.06. The maximum absolute atomic E-state index is 13.1. The molecule has 0 amide bonds. The summed E-state index contributed by atoms with van der Waals surface area (Å²) in [5.41, 5.74) is 1.09. The zero-order chi connectivity index (χ0) is 18.3. The first kappa shape index (κ1) is 17.2. The Balaban J connectivity index is 2.30. The minimum atomic E-state index is -0.332. The number of imidazole rings is 1. The lowest BCUT2D eigenvalue weighted by Gasteiger charge is -2.23. The minimum Gasteiger partial charge on any atom is -0.297 e. The molecular weight excluding hydrogens is 320 g/mol. The first-order valence-corrected chi connectivity index (χ1v) is 8.51. The number of anilines is 1. The largest absolute Gasteiger partial charge is 0.332 e. The molecule has 0 radical (unpaired) electrons. The van der Waals surface area contributed by atoms with Crippen molar-refractivity contribution in [3.63, 3.8) is 0 Å². The van der Waals surface area contributed by atoms with Crippen LogP contribution in [-0.4, -0.2) is 30.9 Å². The average molecular weight is 344 g/mol. The zero-order valence-electron chi connectivity index (χ0n) is 15.2. The number of aromatic nitrogens is 4. The third kappa shape index (κ3) is 2.71. The quantitative estimate of drug-likeness (QED) is 0.767. The molecule has 1 aliphatic rings. The molecule has 8 heteroatoms. The highest BCUT2D eigenvalue weighted by Gasteiger charge is 2.26. The summed E-state index contributed by atoms with van der Waals surface area (Å²) in [5.74, 6) is 0.807. The molecule has 3 rings (SSSR count). The molecule has 0 saturated carbocycles. The standard InChI is InChI=1S/C17H24N6O2/c1-6-8-23-16-18-14-13(21(16)10-12(4)19-23)15(24)22(9-11(3)7-2)17(25)20(14)5/h6,11H,1,7-10H2,2-5H3. The van der Waals surface area contributed by atoms with Gasteiger partial charge in [0.25, 0.3) is 5.56 Å². The highest BCUT2D eigenvalue weighted by Crippen LogP contribution is 2.23. The first-order chi connectivity index (χ1) is 11.9. The Bertz CT molecular complexity index is 978. The van der Waals surface area contributed by atoms with Crippen molar-refractivity contribution in [3.8, 4) is 0 Å². The van der Waals surface area contributed by atoms with Crippen molar-refractivity contribution in [1.82, 2.24) is 18.7 Å². The molecule has 0 saturated heterocycles. The van der Waals surface area contributed by atoms with Gasteiger partial charge in [-0.1, -0.05) is 26.3 Å². The van der Waals surface area contributed by atoms with E-state index in [0.29, 0.717) is 36.7 Å². The third-order valence-electron chi connectivity index (χ3n) is 4.61. The van der Waals surface area contributed by atoms with Crippen molar-refractivity contribution in [2.24, 2.45) is 18.1 Å². The molecule has 1 unspecified atom stereocenters. The first-order valence-electron chi connectivity index (χ1n) is 8.51. The fraction of sp³-hybridized carbons (Fsp3) is 0.529. The van der Waals surface area contributed by atoms with Crippen LogP contribution < -0.4 is 16.3 Å². The third-order valence-corrected chi connectivity index (χ3v) is 4.61. The van der Waals surface area contributed by atoms with Gasteiger partial charge in [0.2, 0.25) is 5.95 Å². The van der Waals surface area contributed by atoms with E-state index in [0.717, 1.165) is 12.1 Å². The second-order valence-electron chi connectivity index (χ2n) is 6.65. The molecule has 0 aromatic carbocycles. The molecule has 3 heterocycles. The molecule has 1 aliphatic heterocycles. The molecule has 8 nitrogen and oxygen atoms in total. The van der Waals surface area contributed by atoms with E-state index in [1.54, 1.807) is 18.1 Å². The van der Waals surface area contributed by atoms with Gasteiger partial charge in [-0.05, 0) is 12.8 Å². The molecule has 0 N–H and O–H groups in total. The lowest BCUT2D eigenvalue weighted by Crippen LogP contribution is -2.41. The number of hydrogen-bond donors (Lipinski definition) is 0. The van der Waals surface area contributed by atoms with Crippen LogP contribution in [0.15, 0.2) is 27.3 Å². The molecule has 25 heavy (non-hydrogen) atoms. The molecule has 0 bridgehead atoms. The molecule has 2 aromatic rings. The van der Waals surface area contributed by atoms with E-state index in [4.69, 9.17) is 0 Å². The predicted octanol–water partition coefficient (Wildman–Crippen LogP) is 1.32. The van der Waals surface area contributed by atoms with E-state index in [1.165, 1.54) is 9.13 Å². The van der Waals surface area contributed by atoms with Gasteiger partial charge in [-0.3, -0.25) is 18.5 Å². The Labute approximate surface area is 145 Å². The van der Waals surface area contributed by atoms with E-state index >= 15 is 0 Å². The van der Waals surface area contributed by atoms with Gasteiger partial charge in [-0.15, -0.1) is 6.58 Å². The smallest absolute Gasteiger partial charge is 0.297 e. The van der Waals surface area contributed by atoms with E-state index < -0.39 is 0 Å². The highest BCUT2D eigenvalue weighted by molar-refractivity contribution is 5.87. The Morgan fingerprint density at radius 3 is 2.72 bits per heavy atom. The van der Waals surface area contributed by atoms with Gasteiger partial charge in [0, 0.05) is 13.6 Å². The van der Waals surface area contributed by atoms with Crippen LogP contribution in [0.4, 0.5) is 5.95 Å². The average Bonchev–Trinajstić information content (AvgIpc) is 2.96. The highest BCUT2D eigenvalue weighted by atomic mass is 16.2.